The van der Waals surface area contributed by atoms with Crippen molar-refractivity contribution in [3.8, 4) is 0 Å². The van der Waals surface area contributed by atoms with Gasteiger partial charge in [-0.25, -0.2) is 0 Å². The molecule has 2 aliphatic rings. The third-order valence-corrected chi connectivity index (χ3v) is 4.18. The van der Waals surface area contributed by atoms with Gasteiger partial charge in [0.1, 0.15) is 5.78 Å². The fraction of sp³-hybridized carbons (Fsp3) is 0.533. The summed E-state index contributed by atoms with van der Waals surface area (Å²) in [6.07, 6.45) is 3.18. The van der Waals surface area contributed by atoms with Gasteiger partial charge in [0.05, 0.1) is 0 Å². The summed E-state index contributed by atoms with van der Waals surface area (Å²) >= 11 is 0. The standard InChI is InChI=1S/C15H19NO/c17-15-8-4-7-13-10-16(11-14(13)15)9-12-5-2-1-3-6-12/h1-3,5-6,13-14H,4,7-11H2/i10+0. The summed E-state index contributed by atoms with van der Waals surface area (Å²) in [6, 6.07) is 10.6. The Bertz CT molecular complexity index is 401. The van der Waals surface area contributed by atoms with Gasteiger partial charge in [-0.2, -0.15) is 0 Å². The van der Waals surface area contributed by atoms with Crippen molar-refractivity contribution in [1.29, 1.82) is 0 Å². The summed E-state index contributed by atoms with van der Waals surface area (Å²) in [5.41, 5.74) is 1.36. The van der Waals surface area contributed by atoms with Crippen LogP contribution in [0, 0.1) is 11.8 Å². The van der Waals surface area contributed by atoms with Crippen molar-refractivity contribution in [2.45, 2.75) is 25.8 Å². The van der Waals surface area contributed by atoms with Crippen molar-refractivity contribution in [2.75, 3.05) is 13.1 Å². The van der Waals surface area contributed by atoms with Gasteiger partial charge >= 0.3 is 0 Å². The Hall–Kier alpha value is -1.15. The zero-order valence-electron chi connectivity index (χ0n) is 10.1. The summed E-state index contributed by atoms with van der Waals surface area (Å²) in [6.45, 7) is 3.10. The van der Waals surface area contributed by atoms with E-state index in [0.29, 0.717) is 17.6 Å². The summed E-state index contributed by atoms with van der Waals surface area (Å²) in [5, 5.41) is 0. The van der Waals surface area contributed by atoms with Crippen molar-refractivity contribution in [3.05, 3.63) is 35.9 Å². The minimum Gasteiger partial charge on any atom is -0.299 e. The van der Waals surface area contributed by atoms with Crippen LogP contribution in [0.5, 0.6) is 0 Å². The zero-order chi connectivity index (χ0) is 11.7. The minimum atomic E-state index is 0.340. The van der Waals surface area contributed by atoms with E-state index in [9.17, 15) is 4.79 Å². The highest BCUT2D eigenvalue weighted by atomic mass is 16.1. The van der Waals surface area contributed by atoms with E-state index in [1.54, 1.807) is 0 Å². The fourth-order valence-electron chi connectivity index (χ4n) is 3.31. The number of fused-ring (bicyclic) bond motifs is 1. The van der Waals surface area contributed by atoms with Crippen LogP contribution < -0.4 is 0 Å². The van der Waals surface area contributed by atoms with Crippen molar-refractivity contribution in [2.24, 2.45) is 11.8 Å². The van der Waals surface area contributed by atoms with Gasteiger partial charge in [0.15, 0.2) is 0 Å². The summed E-state index contributed by atoms with van der Waals surface area (Å²) in [5.74, 6) is 1.49. The molecule has 2 fully saturated rings. The first-order valence-corrected chi connectivity index (χ1v) is 6.62. The number of hydrogen-bond acceptors (Lipinski definition) is 2. The molecule has 1 aromatic carbocycles. The second kappa shape index (κ2) is 4.61. The Morgan fingerprint density at radius 3 is 2.76 bits per heavy atom. The van der Waals surface area contributed by atoms with E-state index in [-0.39, 0.29) is 0 Å². The molecule has 1 saturated heterocycles. The molecule has 0 amide bonds. The average molecular weight is 229 g/mol. The van der Waals surface area contributed by atoms with Crippen LogP contribution in [-0.4, -0.2) is 23.8 Å². The number of likely N-dealkylation sites (tertiary alicyclic amines) is 1. The molecule has 0 radical (unpaired) electrons. The smallest absolute Gasteiger partial charge is 0.137 e. The SMILES string of the molecule is O=C1CCCC2[12CH2]N(Cc3ccccc3)CC12. The van der Waals surface area contributed by atoms with Gasteiger partial charge in [-0.15, -0.1) is 0 Å². The maximum absolute atomic E-state index is 11.8. The zero-order valence-corrected chi connectivity index (χ0v) is 10.1. The molecule has 1 aliphatic heterocycles. The summed E-state index contributed by atoms with van der Waals surface area (Å²) < 4.78 is 0. The van der Waals surface area contributed by atoms with Crippen molar-refractivity contribution in [1.82, 2.24) is 4.90 Å². The lowest BCUT2D eigenvalue weighted by molar-refractivity contribution is -0.125. The molecule has 0 N–H and O–H groups in total. The molecule has 2 nitrogen and oxygen atoms in total. The van der Waals surface area contributed by atoms with Crippen molar-refractivity contribution < 1.29 is 4.79 Å². The molecular formula is C15H19NO. The number of hydrogen-bond donors (Lipinski definition) is 0. The third-order valence-electron chi connectivity index (χ3n) is 4.18. The molecule has 1 heterocycles. The van der Waals surface area contributed by atoms with Gasteiger partial charge in [-0.05, 0) is 24.3 Å². The summed E-state index contributed by atoms with van der Waals surface area (Å²) in [4.78, 5) is 14.3. The number of nitrogens with zero attached hydrogens (tertiary/aromatic N) is 1. The summed E-state index contributed by atoms with van der Waals surface area (Å²) in [7, 11) is 0. The van der Waals surface area contributed by atoms with E-state index in [0.717, 1.165) is 32.5 Å². The number of Topliss-reactive ketones (excluding diaryl/α,β-unsaturated/α-hetero) is 1. The quantitative estimate of drug-likeness (QED) is 0.776. The predicted molar refractivity (Wildman–Crippen MR) is 67.6 cm³/mol. The first kappa shape index (κ1) is 11.0. The number of ketones is 1. The lowest BCUT2D eigenvalue weighted by Gasteiger charge is -2.21. The molecule has 1 saturated carbocycles. The molecule has 90 valence electrons. The Morgan fingerprint density at radius 1 is 1.18 bits per heavy atom. The van der Waals surface area contributed by atoms with Crippen molar-refractivity contribution in [3.63, 3.8) is 0 Å². The molecule has 3 rings (SSSR count). The molecule has 0 bridgehead atoms. The molecule has 0 spiro atoms. The van der Waals surface area contributed by atoms with Crippen LogP contribution in [0.2, 0.25) is 0 Å². The van der Waals surface area contributed by atoms with Gasteiger partial charge in [-0.3, -0.25) is 9.69 Å². The molecule has 1 aromatic rings. The third kappa shape index (κ3) is 2.27. The molecule has 0 aromatic heterocycles. The van der Waals surface area contributed by atoms with Gasteiger partial charge in [-0.1, -0.05) is 30.3 Å². The molecule has 17 heavy (non-hydrogen) atoms. The Morgan fingerprint density at radius 2 is 2.00 bits per heavy atom. The first-order valence-electron chi connectivity index (χ1n) is 6.62. The largest absolute Gasteiger partial charge is 0.299 e. The second-order valence-corrected chi connectivity index (χ2v) is 5.40. The Kier molecular flexibility index (Phi) is 2.98. The van der Waals surface area contributed by atoms with E-state index in [4.69, 9.17) is 0 Å². The average Bonchev–Trinajstić information content (AvgIpc) is 2.74. The van der Waals surface area contributed by atoms with Crippen LogP contribution in [0.4, 0.5) is 0 Å². The molecule has 1 aliphatic carbocycles. The van der Waals surface area contributed by atoms with Crippen LogP contribution in [0.15, 0.2) is 30.3 Å². The van der Waals surface area contributed by atoms with E-state index >= 15 is 0 Å². The molecule has 2 heteroatoms. The van der Waals surface area contributed by atoms with E-state index < -0.39 is 0 Å². The lowest BCUT2D eigenvalue weighted by Crippen LogP contribution is -2.27. The molecule has 2 atom stereocenters. The highest BCUT2D eigenvalue weighted by molar-refractivity contribution is 5.82. The van der Waals surface area contributed by atoms with Crippen LogP contribution in [0.25, 0.3) is 0 Å². The molecule has 2 unspecified atom stereocenters. The van der Waals surface area contributed by atoms with Crippen LogP contribution in [0.1, 0.15) is 24.8 Å². The van der Waals surface area contributed by atoms with Crippen LogP contribution in [0.3, 0.4) is 0 Å². The number of carbonyl (C=O) groups is 1. The van der Waals surface area contributed by atoms with Gasteiger partial charge in [0.2, 0.25) is 0 Å². The predicted octanol–water partition coefficient (Wildman–Crippen LogP) is 2.49. The maximum atomic E-state index is 11.8. The number of carbonyl (C=O) groups excluding carboxylic acids is 1. The number of benzene rings is 1. The van der Waals surface area contributed by atoms with Crippen molar-refractivity contribution >= 4 is 5.78 Å². The van der Waals surface area contributed by atoms with Crippen LogP contribution in [-0.2, 0) is 11.3 Å². The number of rotatable bonds is 2. The second-order valence-electron chi connectivity index (χ2n) is 5.40. The van der Waals surface area contributed by atoms with Gasteiger partial charge in [0.25, 0.3) is 0 Å². The minimum absolute atomic E-state index is 0.340. The van der Waals surface area contributed by atoms with Gasteiger partial charge in [0, 0.05) is 32.0 Å². The highest BCUT2D eigenvalue weighted by Crippen LogP contribution is 2.34. The topological polar surface area (TPSA) is 20.3 Å². The maximum Gasteiger partial charge on any atom is 0.137 e. The Balaban J connectivity index is 1.66. The van der Waals surface area contributed by atoms with Crippen LogP contribution >= 0.6 is 0 Å². The first-order chi connectivity index (χ1) is 8.33. The highest BCUT2D eigenvalue weighted by Gasteiger charge is 2.38. The fourth-order valence-corrected chi connectivity index (χ4v) is 3.31. The monoisotopic (exact) mass is 229 g/mol. The van der Waals surface area contributed by atoms with E-state index in [2.05, 4.69) is 35.2 Å². The Labute approximate surface area is 103 Å². The lowest BCUT2D eigenvalue weighted by atomic mass is 9.81. The van der Waals surface area contributed by atoms with Gasteiger partial charge < -0.3 is 0 Å². The molecular weight excluding hydrogens is 210 g/mol. The van der Waals surface area contributed by atoms with E-state index in [1.807, 2.05) is 0 Å². The van der Waals surface area contributed by atoms with E-state index in [1.165, 1.54) is 12.0 Å². The normalized spacial score (nSPS) is 29.3.